The van der Waals surface area contributed by atoms with Gasteiger partial charge in [-0.05, 0) is 55.8 Å². The van der Waals surface area contributed by atoms with Crippen molar-refractivity contribution in [2.75, 3.05) is 5.32 Å². The van der Waals surface area contributed by atoms with Crippen molar-refractivity contribution in [3.05, 3.63) is 64.1 Å². The van der Waals surface area contributed by atoms with Crippen LogP contribution < -0.4 is 10.0 Å². The number of benzene rings is 2. The van der Waals surface area contributed by atoms with Crippen molar-refractivity contribution in [3.63, 3.8) is 0 Å². The number of halogens is 2. The summed E-state index contributed by atoms with van der Waals surface area (Å²) in [6, 6.07) is 10.8. The van der Waals surface area contributed by atoms with Crippen LogP contribution in [-0.2, 0) is 14.8 Å². The van der Waals surface area contributed by atoms with Gasteiger partial charge in [0.25, 0.3) is 0 Å². The highest BCUT2D eigenvalue weighted by Gasteiger charge is 2.14. The van der Waals surface area contributed by atoms with Gasteiger partial charge in [0.2, 0.25) is 15.9 Å². The highest BCUT2D eigenvalue weighted by atomic mass is 35.5. The van der Waals surface area contributed by atoms with E-state index in [2.05, 4.69) is 10.0 Å². The summed E-state index contributed by atoms with van der Waals surface area (Å²) in [7, 11) is -3.53. The van der Waals surface area contributed by atoms with Crippen LogP contribution in [0.15, 0.2) is 53.4 Å². The van der Waals surface area contributed by atoms with Crippen LogP contribution >= 0.6 is 23.2 Å². The first-order valence-corrected chi connectivity index (χ1v) is 9.98. The Kier molecular flexibility index (Phi) is 6.83. The van der Waals surface area contributed by atoms with Gasteiger partial charge in [-0.3, -0.25) is 4.79 Å². The van der Waals surface area contributed by atoms with E-state index in [0.717, 1.165) is 0 Å². The molecular formula is C18H18Cl2N2O3S. The summed E-state index contributed by atoms with van der Waals surface area (Å²) in [5, 5.41) is 3.42. The van der Waals surface area contributed by atoms with Crippen LogP contribution in [0.2, 0.25) is 10.0 Å². The van der Waals surface area contributed by atoms with E-state index in [1.54, 1.807) is 50.3 Å². The lowest BCUT2D eigenvalue weighted by Gasteiger charge is -2.09. The van der Waals surface area contributed by atoms with Gasteiger partial charge in [0.1, 0.15) is 0 Å². The van der Waals surface area contributed by atoms with Gasteiger partial charge >= 0.3 is 0 Å². The summed E-state index contributed by atoms with van der Waals surface area (Å²) in [6.07, 6.45) is 2.93. The van der Waals surface area contributed by atoms with E-state index in [-0.39, 0.29) is 16.8 Å². The third-order valence-electron chi connectivity index (χ3n) is 3.20. The van der Waals surface area contributed by atoms with E-state index in [4.69, 9.17) is 23.2 Å². The molecule has 5 nitrogen and oxygen atoms in total. The van der Waals surface area contributed by atoms with Gasteiger partial charge in [0, 0.05) is 17.8 Å². The molecule has 138 valence electrons. The molecule has 0 atom stereocenters. The molecule has 1 amide bonds. The molecule has 0 radical (unpaired) electrons. The fraction of sp³-hybridized carbons (Fsp3) is 0.167. The normalized spacial score (nSPS) is 11.9. The van der Waals surface area contributed by atoms with Crippen LogP contribution in [0.5, 0.6) is 0 Å². The van der Waals surface area contributed by atoms with E-state index in [9.17, 15) is 13.2 Å². The summed E-state index contributed by atoms with van der Waals surface area (Å²) in [4.78, 5) is 12.1. The van der Waals surface area contributed by atoms with Crippen molar-refractivity contribution < 1.29 is 13.2 Å². The molecule has 0 saturated carbocycles. The van der Waals surface area contributed by atoms with Crippen molar-refractivity contribution in [2.45, 2.75) is 24.8 Å². The van der Waals surface area contributed by atoms with E-state index in [1.807, 2.05) is 0 Å². The third kappa shape index (κ3) is 5.85. The minimum atomic E-state index is -3.53. The highest BCUT2D eigenvalue weighted by molar-refractivity contribution is 7.89. The number of anilines is 1. The lowest BCUT2D eigenvalue weighted by atomic mass is 10.2. The monoisotopic (exact) mass is 412 g/mol. The van der Waals surface area contributed by atoms with Crippen LogP contribution in [0.4, 0.5) is 5.69 Å². The molecule has 2 aromatic rings. The summed E-state index contributed by atoms with van der Waals surface area (Å²) >= 11 is 11.7. The maximum absolute atomic E-state index is 12.1. The lowest BCUT2D eigenvalue weighted by molar-refractivity contribution is -0.111. The Labute approximate surface area is 163 Å². The average molecular weight is 413 g/mol. The maximum atomic E-state index is 12.1. The quantitative estimate of drug-likeness (QED) is 0.693. The zero-order valence-electron chi connectivity index (χ0n) is 14.2. The maximum Gasteiger partial charge on any atom is 0.248 e. The van der Waals surface area contributed by atoms with Crippen molar-refractivity contribution in [1.29, 1.82) is 0 Å². The van der Waals surface area contributed by atoms with E-state index >= 15 is 0 Å². The third-order valence-corrected chi connectivity index (χ3v) is 5.61. The minimum Gasteiger partial charge on any atom is -0.322 e. The van der Waals surface area contributed by atoms with Gasteiger partial charge in [0.15, 0.2) is 0 Å². The van der Waals surface area contributed by atoms with Crippen molar-refractivity contribution >= 4 is 50.9 Å². The molecule has 2 N–H and O–H groups in total. The molecule has 26 heavy (non-hydrogen) atoms. The molecule has 0 aromatic heterocycles. The molecule has 0 fully saturated rings. The first kappa shape index (κ1) is 20.5. The summed E-state index contributed by atoms with van der Waals surface area (Å²) in [6.45, 7) is 3.50. The molecule has 0 aliphatic carbocycles. The number of carbonyl (C=O) groups is 1. The summed E-state index contributed by atoms with van der Waals surface area (Å²) in [5.41, 5.74) is 1.22. The zero-order valence-corrected chi connectivity index (χ0v) is 16.5. The Morgan fingerprint density at radius 2 is 1.69 bits per heavy atom. The second-order valence-electron chi connectivity index (χ2n) is 5.80. The number of hydrogen-bond acceptors (Lipinski definition) is 3. The average Bonchev–Trinajstić information content (AvgIpc) is 2.55. The van der Waals surface area contributed by atoms with E-state index in [0.29, 0.717) is 21.3 Å². The van der Waals surface area contributed by atoms with Crippen LogP contribution in [0.1, 0.15) is 19.4 Å². The van der Waals surface area contributed by atoms with Gasteiger partial charge < -0.3 is 5.32 Å². The lowest BCUT2D eigenvalue weighted by Crippen LogP contribution is -2.30. The Hall–Kier alpha value is -1.86. The van der Waals surface area contributed by atoms with Gasteiger partial charge in [-0.15, -0.1) is 0 Å². The summed E-state index contributed by atoms with van der Waals surface area (Å²) < 4.78 is 26.6. The highest BCUT2D eigenvalue weighted by Crippen LogP contribution is 2.25. The molecule has 0 unspecified atom stereocenters. The second kappa shape index (κ2) is 8.68. The Balaban J connectivity index is 2.03. The first-order valence-electron chi connectivity index (χ1n) is 7.74. The van der Waals surface area contributed by atoms with Crippen LogP contribution in [0.3, 0.4) is 0 Å². The van der Waals surface area contributed by atoms with Crippen molar-refractivity contribution in [2.24, 2.45) is 0 Å². The predicted octanol–water partition coefficient (Wildman–Crippen LogP) is 4.33. The molecule has 8 heteroatoms. The Morgan fingerprint density at radius 3 is 2.27 bits per heavy atom. The van der Waals surface area contributed by atoms with Gasteiger partial charge in [-0.25, -0.2) is 13.1 Å². The molecule has 0 aliphatic heterocycles. The molecule has 0 aliphatic rings. The molecular weight excluding hydrogens is 395 g/mol. The van der Waals surface area contributed by atoms with E-state index < -0.39 is 10.0 Å². The smallest absolute Gasteiger partial charge is 0.248 e. The first-order chi connectivity index (χ1) is 12.2. The number of nitrogens with one attached hydrogen (secondary N) is 2. The number of amides is 1. The van der Waals surface area contributed by atoms with Crippen molar-refractivity contribution in [3.8, 4) is 0 Å². The number of hydrogen-bond donors (Lipinski definition) is 2. The molecule has 0 spiro atoms. The summed E-state index contributed by atoms with van der Waals surface area (Å²) in [5.74, 6) is -0.346. The zero-order chi connectivity index (χ0) is 19.3. The SMILES string of the molecule is CC(C)NS(=O)(=O)c1ccc(/C=C/C(=O)Nc2ccc(Cl)c(Cl)c2)cc1. The van der Waals surface area contributed by atoms with E-state index in [1.165, 1.54) is 18.2 Å². The molecule has 0 saturated heterocycles. The second-order valence-corrected chi connectivity index (χ2v) is 8.32. The fourth-order valence-electron chi connectivity index (χ4n) is 2.07. The fourth-order valence-corrected chi connectivity index (χ4v) is 3.62. The van der Waals surface area contributed by atoms with Crippen molar-refractivity contribution in [1.82, 2.24) is 4.72 Å². The number of carbonyl (C=O) groups excluding carboxylic acids is 1. The minimum absolute atomic E-state index is 0.170. The van der Waals surface area contributed by atoms with Crippen LogP contribution in [0.25, 0.3) is 6.08 Å². The van der Waals surface area contributed by atoms with Crippen LogP contribution in [0, 0.1) is 0 Å². The van der Waals surface area contributed by atoms with Gasteiger partial charge in [-0.1, -0.05) is 35.3 Å². The predicted molar refractivity (Wildman–Crippen MR) is 106 cm³/mol. The van der Waals surface area contributed by atoms with Crippen LogP contribution in [-0.4, -0.2) is 20.4 Å². The van der Waals surface area contributed by atoms with Gasteiger partial charge in [-0.2, -0.15) is 0 Å². The number of sulfonamides is 1. The number of rotatable bonds is 6. The molecule has 2 rings (SSSR count). The molecule has 0 bridgehead atoms. The Bertz CT molecular complexity index is 924. The molecule has 2 aromatic carbocycles. The Morgan fingerprint density at radius 1 is 1.04 bits per heavy atom. The topological polar surface area (TPSA) is 75.3 Å². The molecule has 0 heterocycles. The van der Waals surface area contributed by atoms with Gasteiger partial charge in [0.05, 0.1) is 14.9 Å². The standard InChI is InChI=1S/C18H18Cl2N2O3S/c1-12(2)22-26(24,25)15-7-3-13(4-8-15)5-10-18(23)21-14-6-9-16(19)17(20)11-14/h3-12,22H,1-2H3,(H,21,23)/b10-5+. The largest absolute Gasteiger partial charge is 0.322 e.